The maximum absolute atomic E-state index is 14.5. The number of hydrogen-bond donors (Lipinski definition) is 1. The Morgan fingerprint density at radius 3 is 2.14 bits per heavy atom. The number of halogens is 2. The summed E-state index contributed by atoms with van der Waals surface area (Å²) >= 11 is 0. The van der Waals surface area contributed by atoms with Crippen LogP contribution < -0.4 is 0 Å². The van der Waals surface area contributed by atoms with E-state index in [0.717, 1.165) is 23.6 Å². The highest BCUT2D eigenvalue weighted by Crippen LogP contribution is 2.47. The molecule has 2 atom stereocenters. The first-order valence-corrected chi connectivity index (χ1v) is 12.3. The number of benzene rings is 3. The van der Waals surface area contributed by atoms with E-state index in [0.29, 0.717) is 12.8 Å². The van der Waals surface area contributed by atoms with Crippen LogP contribution in [0, 0.1) is 11.6 Å². The Kier molecular flexibility index (Phi) is 5.37. The number of ether oxygens (including phenoxy) is 1. The Hall–Kier alpha value is -3.25. The molecular weight excluding hydrogens is 448 g/mol. The van der Waals surface area contributed by atoms with Crippen molar-refractivity contribution in [1.82, 2.24) is 4.90 Å². The number of nitrogens with zero attached hydrogens (tertiary/aromatic N) is 1. The van der Waals surface area contributed by atoms with Gasteiger partial charge in [-0.25, -0.2) is 13.6 Å². The molecule has 3 aliphatic rings. The quantitative estimate of drug-likeness (QED) is 0.497. The van der Waals surface area contributed by atoms with E-state index in [9.17, 15) is 18.7 Å². The maximum atomic E-state index is 14.5. The number of aliphatic hydroxyl groups is 1. The first-order chi connectivity index (χ1) is 16.9. The predicted octanol–water partition coefficient (Wildman–Crippen LogP) is 6.12. The van der Waals surface area contributed by atoms with Gasteiger partial charge in [-0.05, 0) is 47.6 Å². The average Bonchev–Trinajstić information content (AvgIpc) is 3.15. The highest BCUT2D eigenvalue weighted by atomic mass is 19.1. The molecule has 2 bridgehead atoms. The van der Waals surface area contributed by atoms with E-state index < -0.39 is 17.2 Å². The summed E-state index contributed by atoms with van der Waals surface area (Å²) in [6.45, 7) is 0.236. The van der Waals surface area contributed by atoms with Crippen molar-refractivity contribution in [3.63, 3.8) is 0 Å². The van der Waals surface area contributed by atoms with Crippen LogP contribution in [0.3, 0.4) is 0 Å². The molecule has 2 unspecified atom stereocenters. The molecule has 180 valence electrons. The van der Waals surface area contributed by atoms with Crippen molar-refractivity contribution in [3.05, 3.63) is 95.1 Å². The van der Waals surface area contributed by atoms with Crippen molar-refractivity contribution >= 4 is 6.09 Å². The van der Waals surface area contributed by atoms with Crippen LogP contribution in [0.1, 0.15) is 54.7 Å². The summed E-state index contributed by atoms with van der Waals surface area (Å²) in [5, 5.41) is 11.4. The Bertz CT molecular complexity index is 1230. The zero-order valence-corrected chi connectivity index (χ0v) is 19.3. The van der Waals surface area contributed by atoms with Gasteiger partial charge in [-0.15, -0.1) is 0 Å². The molecule has 0 spiro atoms. The van der Waals surface area contributed by atoms with Gasteiger partial charge in [0.25, 0.3) is 0 Å². The van der Waals surface area contributed by atoms with Gasteiger partial charge in [-0.1, -0.05) is 54.6 Å². The highest BCUT2D eigenvalue weighted by molar-refractivity contribution is 5.79. The summed E-state index contributed by atoms with van der Waals surface area (Å²) in [6.07, 6.45) is 2.39. The largest absolute Gasteiger partial charge is 0.448 e. The van der Waals surface area contributed by atoms with Gasteiger partial charge in [-0.2, -0.15) is 0 Å². The van der Waals surface area contributed by atoms with E-state index in [-0.39, 0.29) is 49.1 Å². The third-order valence-corrected chi connectivity index (χ3v) is 7.99. The molecule has 2 saturated heterocycles. The molecule has 0 aromatic heterocycles. The smallest absolute Gasteiger partial charge is 0.410 e. The molecule has 2 aliphatic heterocycles. The molecule has 4 nitrogen and oxygen atoms in total. The van der Waals surface area contributed by atoms with Crippen LogP contribution in [0.4, 0.5) is 13.6 Å². The summed E-state index contributed by atoms with van der Waals surface area (Å²) < 4.78 is 33.9. The second-order valence-electron chi connectivity index (χ2n) is 10.0. The molecule has 1 aliphatic carbocycles. The lowest BCUT2D eigenvalue weighted by molar-refractivity contribution is -0.0906. The lowest BCUT2D eigenvalue weighted by Crippen LogP contribution is -2.59. The van der Waals surface area contributed by atoms with Gasteiger partial charge in [0.15, 0.2) is 0 Å². The van der Waals surface area contributed by atoms with Gasteiger partial charge in [0.2, 0.25) is 0 Å². The zero-order chi connectivity index (χ0) is 24.2. The maximum Gasteiger partial charge on any atom is 0.410 e. The van der Waals surface area contributed by atoms with Gasteiger partial charge in [-0.3, -0.25) is 0 Å². The minimum absolute atomic E-state index is 0.0266. The molecular formula is C29H27F2NO3. The number of amides is 1. The van der Waals surface area contributed by atoms with E-state index in [4.69, 9.17) is 4.74 Å². The highest BCUT2D eigenvalue weighted by Gasteiger charge is 2.49. The summed E-state index contributed by atoms with van der Waals surface area (Å²) in [4.78, 5) is 15.1. The number of fused-ring (bicyclic) bond motifs is 5. The summed E-state index contributed by atoms with van der Waals surface area (Å²) in [7, 11) is 0. The van der Waals surface area contributed by atoms with Crippen molar-refractivity contribution in [2.24, 2.45) is 0 Å². The van der Waals surface area contributed by atoms with E-state index in [1.54, 1.807) is 4.90 Å². The molecule has 0 saturated carbocycles. The summed E-state index contributed by atoms with van der Waals surface area (Å²) in [6, 6.07) is 19.2. The van der Waals surface area contributed by atoms with Crippen LogP contribution in [-0.2, 0) is 10.3 Å². The van der Waals surface area contributed by atoms with Crippen LogP contribution in [0.2, 0.25) is 0 Å². The van der Waals surface area contributed by atoms with Gasteiger partial charge in [0, 0.05) is 42.5 Å². The Balaban J connectivity index is 1.21. The third kappa shape index (κ3) is 3.71. The predicted molar refractivity (Wildman–Crippen MR) is 128 cm³/mol. The first-order valence-electron chi connectivity index (χ1n) is 12.3. The molecule has 3 aromatic carbocycles. The first kappa shape index (κ1) is 22.2. The lowest BCUT2D eigenvalue weighted by atomic mass is 9.72. The van der Waals surface area contributed by atoms with Crippen molar-refractivity contribution in [3.8, 4) is 11.1 Å². The minimum Gasteiger partial charge on any atom is -0.448 e. The topological polar surface area (TPSA) is 49.8 Å². The Morgan fingerprint density at radius 1 is 0.943 bits per heavy atom. The van der Waals surface area contributed by atoms with Crippen LogP contribution in [0.25, 0.3) is 11.1 Å². The van der Waals surface area contributed by atoms with Crippen LogP contribution >= 0.6 is 0 Å². The van der Waals surface area contributed by atoms with E-state index in [1.165, 1.54) is 23.3 Å². The molecule has 6 heteroatoms. The standard InChI is InChI=1S/C29H27F2NO3/c30-18-12-13-26(27(31)14-18)29(34)15-19-6-5-7-20(16-29)32(19)28(33)35-17-25-23-10-3-1-8-21(23)22-9-2-4-11-24(22)25/h1-4,8-14,19-20,25,34H,5-7,15-17H2. The number of carbonyl (C=O) groups excluding carboxylic acids is 1. The van der Waals surface area contributed by atoms with E-state index in [2.05, 4.69) is 24.3 Å². The fourth-order valence-corrected chi connectivity index (χ4v) is 6.48. The van der Waals surface area contributed by atoms with Crippen molar-refractivity contribution in [2.45, 2.75) is 55.7 Å². The molecule has 1 amide bonds. The fourth-order valence-electron chi connectivity index (χ4n) is 6.48. The minimum atomic E-state index is -1.44. The zero-order valence-electron chi connectivity index (χ0n) is 19.3. The molecule has 6 rings (SSSR count). The van der Waals surface area contributed by atoms with Crippen molar-refractivity contribution < 1.29 is 23.4 Å². The molecule has 0 radical (unpaired) electrons. The van der Waals surface area contributed by atoms with Crippen LogP contribution in [0.15, 0.2) is 66.7 Å². The molecule has 2 heterocycles. The van der Waals surface area contributed by atoms with E-state index in [1.807, 2.05) is 24.3 Å². The molecule has 3 aromatic rings. The monoisotopic (exact) mass is 475 g/mol. The Morgan fingerprint density at radius 2 is 1.54 bits per heavy atom. The molecule has 2 fully saturated rings. The van der Waals surface area contributed by atoms with Crippen molar-refractivity contribution in [1.29, 1.82) is 0 Å². The van der Waals surface area contributed by atoms with Gasteiger partial charge < -0.3 is 14.7 Å². The summed E-state index contributed by atoms with van der Waals surface area (Å²) in [5.74, 6) is -1.45. The van der Waals surface area contributed by atoms with E-state index >= 15 is 0 Å². The van der Waals surface area contributed by atoms with Gasteiger partial charge >= 0.3 is 6.09 Å². The SMILES string of the molecule is O=C(OCC1c2ccccc2-c2ccccc21)N1C2CCCC1CC(O)(c1ccc(F)cc1F)C2. The normalized spacial score (nSPS) is 25.2. The average molecular weight is 476 g/mol. The fraction of sp³-hybridized carbons (Fsp3) is 0.345. The number of hydrogen-bond acceptors (Lipinski definition) is 3. The lowest BCUT2D eigenvalue weighted by Gasteiger charge is -2.51. The molecule has 35 heavy (non-hydrogen) atoms. The van der Waals surface area contributed by atoms with Crippen molar-refractivity contribution in [2.75, 3.05) is 6.61 Å². The molecule has 1 N–H and O–H groups in total. The van der Waals surface area contributed by atoms with Crippen LogP contribution in [0.5, 0.6) is 0 Å². The summed E-state index contributed by atoms with van der Waals surface area (Å²) in [5.41, 5.74) is 3.31. The Labute approximate surface area is 203 Å². The number of rotatable bonds is 3. The van der Waals surface area contributed by atoms with Crippen LogP contribution in [-0.4, -0.2) is 34.8 Å². The number of carbonyl (C=O) groups is 1. The number of piperidine rings is 2. The van der Waals surface area contributed by atoms with Gasteiger partial charge in [0.05, 0.1) is 5.60 Å². The van der Waals surface area contributed by atoms with Gasteiger partial charge in [0.1, 0.15) is 18.2 Å². The third-order valence-electron chi connectivity index (χ3n) is 7.99. The second kappa shape index (κ2) is 8.45. The second-order valence-corrected chi connectivity index (χ2v) is 10.0.